The van der Waals surface area contributed by atoms with E-state index in [4.69, 9.17) is 0 Å². The zero-order valence-electron chi connectivity index (χ0n) is 11.2. The van der Waals surface area contributed by atoms with Crippen molar-refractivity contribution in [3.05, 3.63) is 5.01 Å². The minimum atomic E-state index is -0.226. The van der Waals surface area contributed by atoms with E-state index < -0.39 is 0 Å². The fourth-order valence-electron chi connectivity index (χ4n) is 1.13. The Morgan fingerprint density at radius 2 is 2.17 bits per heavy atom. The van der Waals surface area contributed by atoms with Crippen molar-refractivity contribution >= 4 is 34.3 Å². The average Bonchev–Trinajstić information content (AvgIpc) is 2.75. The maximum absolute atomic E-state index is 11.6. The highest BCUT2D eigenvalue weighted by Crippen LogP contribution is 2.20. The molecule has 0 radical (unpaired) electrons. The lowest BCUT2D eigenvalue weighted by atomic mass is 10.2. The van der Waals surface area contributed by atoms with Gasteiger partial charge in [0.2, 0.25) is 5.13 Å². The highest BCUT2D eigenvalue weighted by molar-refractivity contribution is 7.99. The van der Waals surface area contributed by atoms with Crippen LogP contribution in [0.2, 0.25) is 0 Å². The summed E-state index contributed by atoms with van der Waals surface area (Å²) < 4.78 is 0.0336. The maximum atomic E-state index is 11.6. The van der Waals surface area contributed by atoms with E-state index >= 15 is 0 Å². The first-order valence-corrected chi connectivity index (χ1v) is 7.93. The molecule has 1 aromatic rings. The van der Waals surface area contributed by atoms with Crippen molar-refractivity contribution in [2.75, 3.05) is 18.1 Å². The molecule has 0 aliphatic heterocycles. The number of anilines is 1. The first-order valence-electron chi connectivity index (χ1n) is 5.89. The Bertz CT molecular complexity index is 392. The number of thioether (sulfide) groups is 1. The Morgan fingerprint density at radius 1 is 1.44 bits per heavy atom. The van der Waals surface area contributed by atoms with E-state index in [1.165, 1.54) is 11.3 Å². The molecule has 2 amide bonds. The summed E-state index contributed by atoms with van der Waals surface area (Å²) in [7, 11) is 0. The van der Waals surface area contributed by atoms with E-state index in [0.717, 1.165) is 17.8 Å². The predicted octanol–water partition coefficient (Wildman–Crippen LogP) is 2.75. The first kappa shape index (κ1) is 15.2. The molecule has 0 spiro atoms. The van der Waals surface area contributed by atoms with Crippen molar-refractivity contribution in [2.24, 2.45) is 0 Å². The molecule has 18 heavy (non-hydrogen) atoms. The topological polar surface area (TPSA) is 66.9 Å². The van der Waals surface area contributed by atoms with E-state index in [2.05, 4.69) is 41.6 Å². The number of rotatable bonds is 6. The Morgan fingerprint density at radius 3 is 2.78 bits per heavy atom. The second kappa shape index (κ2) is 6.94. The monoisotopic (exact) mass is 288 g/mol. The summed E-state index contributed by atoms with van der Waals surface area (Å²) in [6, 6.07) is -0.226. The van der Waals surface area contributed by atoms with Gasteiger partial charge in [-0.15, -0.1) is 10.2 Å². The summed E-state index contributed by atoms with van der Waals surface area (Å²) in [6.45, 7) is 6.87. The molecule has 1 heterocycles. The Labute approximate surface area is 116 Å². The van der Waals surface area contributed by atoms with Gasteiger partial charge in [-0.25, -0.2) is 4.79 Å². The minimum Gasteiger partial charge on any atom is -0.336 e. The molecule has 0 saturated heterocycles. The van der Waals surface area contributed by atoms with Crippen LogP contribution in [0.25, 0.3) is 0 Å². The SMILES string of the molecule is CCCc1nnc(NC(=O)NCC(C)(C)SC)s1. The normalized spacial score (nSPS) is 11.3. The number of urea groups is 1. The number of carbonyl (C=O) groups excluding carboxylic acids is 1. The van der Waals surface area contributed by atoms with Crippen LogP contribution in [0.15, 0.2) is 0 Å². The fraction of sp³-hybridized carbons (Fsp3) is 0.727. The van der Waals surface area contributed by atoms with Gasteiger partial charge in [0.05, 0.1) is 0 Å². The number of hydrogen-bond donors (Lipinski definition) is 2. The van der Waals surface area contributed by atoms with Crippen molar-refractivity contribution in [3.8, 4) is 0 Å². The van der Waals surface area contributed by atoms with Gasteiger partial charge in [-0.05, 0) is 26.5 Å². The van der Waals surface area contributed by atoms with E-state index in [9.17, 15) is 4.79 Å². The quantitative estimate of drug-likeness (QED) is 0.844. The van der Waals surface area contributed by atoms with Gasteiger partial charge >= 0.3 is 6.03 Å². The molecule has 1 rings (SSSR count). The molecule has 0 fully saturated rings. The van der Waals surface area contributed by atoms with Crippen LogP contribution >= 0.6 is 23.1 Å². The highest BCUT2D eigenvalue weighted by Gasteiger charge is 2.17. The fourth-order valence-corrected chi connectivity index (χ4v) is 2.18. The first-order chi connectivity index (χ1) is 8.46. The van der Waals surface area contributed by atoms with Gasteiger partial charge in [0.1, 0.15) is 5.01 Å². The zero-order valence-corrected chi connectivity index (χ0v) is 12.9. The third-order valence-electron chi connectivity index (χ3n) is 2.38. The van der Waals surface area contributed by atoms with Crippen LogP contribution in [0.1, 0.15) is 32.2 Å². The van der Waals surface area contributed by atoms with E-state index in [1.807, 2.05) is 6.26 Å². The van der Waals surface area contributed by atoms with Gasteiger partial charge in [-0.1, -0.05) is 18.3 Å². The molecule has 0 aliphatic carbocycles. The number of hydrogen-bond acceptors (Lipinski definition) is 5. The van der Waals surface area contributed by atoms with Gasteiger partial charge in [0, 0.05) is 17.7 Å². The zero-order chi connectivity index (χ0) is 13.6. The smallest absolute Gasteiger partial charge is 0.321 e. The van der Waals surface area contributed by atoms with Crippen molar-refractivity contribution in [1.29, 1.82) is 0 Å². The second-order valence-corrected chi connectivity index (χ2v) is 7.10. The molecule has 0 aromatic carbocycles. The lowest BCUT2D eigenvalue weighted by molar-refractivity contribution is 0.251. The third kappa shape index (κ3) is 5.22. The van der Waals surface area contributed by atoms with Gasteiger partial charge < -0.3 is 5.32 Å². The third-order valence-corrected chi connectivity index (χ3v) is 4.53. The molecule has 1 aromatic heterocycles. The molecule has 2 N–H and O–H groups in total. The summed E-state index contributed by atoms with van der Waals surface area (Å²) in [6.07, 6.45) is 3.96. The van der Waals surface area contributed by atoms with Crippen LogP contribution < -0.4 is 10.6 Å². The number of nitrogens with one attached hydrogen (secondary N) is 2. The summed E-state index contributed by atoms with van der Waals surface area (Å²) in [5.74, 6) is 0. The van der Waals surface area contributed by atoms with Crippen molar-refractivity contribution in [1.82, 2.24) is 15.5 Å². The van der Waals surface area contributed by atoms with Gasteiger partial charge in [-0.2, -0.15) is 11.8 Å². The number of carbonyl (C=O) groups is 1. The highest BCUT2D eigenvalue weighted by atomic mass is 32.2. The van der Waals surface area contributed by atoms with Gasteiger partial charge in [0.25, 0.3) is 0 Å². The van der Waals surface area contributed by atoms with Crippen molar-refractivity contribution in [3.63, 3.8) is 0 Å². The summed E-state index contributed by atoms with van der Waals surface area (Å²) in [5, 5.41) is 15.0. The predicted molar refractivity (Wildman–Crippen MR) is 78.5 cm³/mol. The van der Waals surface area contributed by atoms with Crippen LogP contribution in [-0.2, 0) is 6.42 Å². The van der Waals surface area contributed by atoms with Gasteiger partial charge in [0.15, 0.2) is 0 Å². The lowest BCUT2D eigenvalue weighted by Crippen LogP contribution is -2.38. The van der Waals surface area contributed by atoms with Crippen LogP contribution in [-0.4, -0.2) is 33.8 Å². The van der Waals surface area contributed by atoms with Crippen LogP contribution in [0.4, 0.5) is 9.93 Å². The molecule has 0 unspecified atom stereocenters. The Hall–Kier alpha value is -0.820. The number of nitrogens with zero attached hydrogens (tertiary/aromatic N) is 2. The summed E-state index contributed by atoms with van der Waals surface area (Å²) in [5.41, 5.74) is 0. The Balaban J connectivity index is 2.39. The van der Waals surface area contributed by atoms with Crippen LogP contribution in [0, 0.1) is 0 Å². The lowest BCUT2D eigenvalue weighted by Gasteiger charge is -2.21. The summed E-state index contributed by atoms with van der Waals surface area (Å²) >= 11 is 3.14. The van der Waals surface area contributed by atoms with Crippen LogP contribution in [0.3, 0.4) is 0 Å². The average molecular weight is 288 g/mol. The van der Waals surface area contributed by atoms with Crippen molar-refractivity contribution in [2.45, 2.75) is 38.4 Å². The molecule has 0 aliphatic rings. The number of aryl methyl sites for hydroxylation is 1. The molecule has 0 bridgehead atoms. The van der Waals surface area contributed by atoms with E-state index in [1.54, 1.807) is 11.8 Å². The largest absolute Gasteiger partial charge is 0.336 e. The van der Waals surface area contributed by atoms with E-state index in [0.29, 0.717) is 11.7 Å². The van der Waals surface area contributed by atoms with Crippen LogP contribution in [0.5, 0.6) is 0 Å². The minimum absolute atomic E-state index is 0.0336. The molecule has 0 saturated carbocycles. The standard InChI is InChI=1S/C11H20N4OS2/c1-5-6-8-14-15-10(18-8)13-9(16)12-7-11(2,3)17-4/h5-7H2,1-4H3,(H2,12,13,15,16). The molecule has 0 atom stereocenters. The van der Waals surface area contributed by atoms with E-state index in [-0.39, 0.29) is 10.8 Å². The van der Waals surface area contributed by atoms with Crippen molar-refractivity contribution < 1.29 is 4.79 Å². The molecular weight excluding hydrogens is 268 g/mol. The molecule has 102 valence electrons. The number of aromatic nitrogens is 2. The Kier molecular flexibility index (Phi) is 5.87. The van der Waals surface area contributed by atoms with Gasteiger partial charge in [-0.3, -0.25) is 5.32 Å². The molecular formula is C11H20N4OS2. The molecule has 7 heteroatoms. The second-order valence-electron chi connectivity index (χ2n) is 4.52. The maximum Gasteiger partial charge on any atom is 0.321 e. The molecule has 5 nitrogen and oxygen atoms in total. The number of amides is 2. The summed E-state index contributed by atoms with van der Waals surface area (Å²) in [4.78, 5) is 11.6.